The lowest BCUT2D eigenvalue weighted by molar-refractivity contribution is -0.158. The van der Waals surface area contributed by atoms with Crippen LogP contribution in [0.15, 0.2) is 24.3 Å². The lowest BCUT2D eigenvalue weighted by Crippen LogP contribution is -2.53. The van der Waals surface area contributed by atoms with E-state index in [-0.39, 0.29) is 11.6 Å². The van der Waals surface area contributed by atoms with E-state index in [0.717, 1.165) is 5.56 Å². The molecule has 1 heterocycles. The fourth-order valence-electron chi connectivity index (χ4n) is 3.21. The molecule has 0 amide bonds. The van der Waals surface area contributed by atoms with E-state index < -0.39 is 32.1 Å². The molecule has 1 aromatic carbocycles. The van der Waals surface area contributed by atoms with Crippen molar-refractivity contribution in [3.8, 4) is 0 Å². The number of benzene rings is 1. The maximum Gasteiger partial charge on any atom is 0.335 e. The Labute approximate surface area is 159 Å². The summed E-state index contributed by atoms with van der Waals surface area (Å²) in [7, 11) is -2.95. The molecule has 0 aliphatic carbocycles. The van der Waals surface area contributed by atoms with Crippen LogP contribution in [0.4, 0.5) is 0 Å². The van der Waals surface area contributed by atoms with Crippen LogP contribution in [0, 0.1) is 0 Å². The monoisotopic (exact) mass is 401 g/mol. The Morgan fingerprint density at radius 1 is 1.33 bits per heavy atom. The van der Waals surface area contributed by atoms with Gasteiger partial charge in [-0.15, -0.1) is 0 Å². The molecule has 2 unspecified atom stereocenters. The van der Waals surface area contributed by atoms with Gasteiger partial charge in [0.1, 0.15) is 5.66 Å². The molecule has 0 aromatic heterocycles. The number of aromatic carboxylic acids is 1. The third kappa shape index (κ3) is 6.10. The highest BCUT2D eigenvalue weighted by molar-refractivity contribution is 7.39. The molecule has 0 saturated carbocycles. The Morgan fingerprint density at radius 3 is 2.52 bits per heavy atom. The van der Waals surface area contributed by atoms with Crippen LogP contribution in [0.1, 0.15) is 29.8 Å². The van der Waals surface area contributed by atoms with Crippen LogP contribution in [0.25, 0.3) is 0 Å². The molecule has 1 aliphatic rings. The van der Waals surface area contributed by atoms with Crippen molar-refractivity contribution < 1.29 is 33.6 Å². The van der Waals surface area contributed by atoms with Gasteiger partial charge in [0.25, 0.3) is 0 Å². The van der Waals surface area contributed by atoms with Gasteiger partial charge in [-0.1, -0.05) is 18.2 Å². The van der Waals surface area contributed by atoms with E-state index >= 15 is 0 Å². The fourth-order valence-corrected chi connectivity index (χ4v) is 4.17. The van der Waals surface area contributed by atoms with Crippen molar-refractivity contribution in [3.05, 3.63) is 35.4 Å². The number of carboxylic acid groups (broad SMARTS) is 1. The van der Waals surface area contributed by atoms with E-state index in [1.54, 1.807) is 38.1 Å². The third-order valence-corrected chi connectivity index (χ3v) is 5.69. The van der Waals surface area contributed by atoms with Gasteiger partial charge in [0.2, 0.25) is 0 Å². The number of morpholine rings is 1. The summed E-state index contributed by atoms with van der Waals surface area (Å²) in [5.74, 6) is -0.963. The van der Waals surface area contributed by atoms with Crippen molar-refractivity contribution in [1.82, 2.24) is 5.32 Å². The van der Waals surface area contributed by atoms with Gasteiger partial charge in [0.05, 0.1) is 18.3 Å². The summed E-state index contributed by atoms with van der Waals surface area (Å²) in [4.78, 5) is 21.1. The molecule has 1 fully saturated rings. The van der Waals surface area contributed by atoms with Crippen LogP contribution in [0.5, 0.6) is 0 Å². The molecule has 0 radical (unpaired) electrons. The molecule has 1 aromatic rings. The molecule has 9 heteroatoms. The first-order valence-corrected chi connectivity index (χ1v) is 10.5. The fraction of sp³-hybridized carbons (Fsp3) is 0.611. The minimum Gasteiger partial charge on any atom is -0.478 e. The summed E-state index contributed by atoms with van der Waals surface area (Å²) in [6.07, 6.45) is -0.822. The average molecular weight is 401 g/mol. The SMILES string of the molecule is CCOC(OCC)C([C@H]1CN[C@H](Cc2ccccc2C(=O)O)CO1)[PH](=O)O. The number of hydrogen-bond donors (Lipinski definition) is 3. The molecule has 8 nitrogen and oxygen atoms in total. The van der Waals surface area contributed by atoms with Gasteiger partial charge in [-0.25, -0.2) is 4.79 Å². The zero-order valence-corrected chi connectivity index (χ0v) is 16.6. The second-order valence-corrected chi connectivity index (χ2v) is 7.63. The maximum absolute atomic E-state index is 11.9. The summed E-state index contributed by atoms with van der Waals surface area (Å²) in [5, 5.41) is 12.6. The molecule has 3 N–H and O–H groups in total. The van der Waals surface area contributed by atoms with Crippen LogP contribution in [0.2, 0.25) is 0 Å². The predicted octanol–water partition coefficient (Wildman–Crippen LogP) is 1.52. The Morgan fingerprint density at radius 2 is 2.00 bits per heavy atom. The quantitative estimate of drug-likeness (QED) is 0.399. The van der Waals surface area contributed by atoms with Crippen molar-refractivity contribution in [2.45, 2.75) is 44.4 Å². The molecule has 2 rings (SSSR count). The normalized spacial score (nSPS) is 22.5. The Hall–Kier alpha value is -1.28. The largest absolute Gasteiger partial charge is 0.478 e. The number of hydrogen-bond acceptors (Lipinski definition) is 6. The highest BCUT2D eigenvalue weighted by Gasteiger charge is 2.38. The van der Waals surface area contributed by atoms with Crippen LogP contribution < -0.4 is 5.32 Å². The zero-order chi connectivity index (χ0) is 19.8. The molecule has 152 valence electrons. The molecule has 1 aliphatic heterocycles. The van der Waals surface area contributed by atoms with Gasteiger partial charge in [-0.2, -0.15) is 0 Å². The highest BCUT2D eigenvalue weighted by atomic mass is 31.1. The smallest absolute Gasteiger partial charge is 0.335 e. The second-order valence-electron chi connectivity index (χ2n) is 6.29. The number of rotatable bonds is 10. The zero-order valence-electron chi connectivity index (χ0n) is 15.6. The number of nitrogens with one attached hydrogen (secondary N) is 1. The van der Waals surface area contributed by atoms with Crippen LogP contribution in [-0.4, -0.2) is 66.4 Å². The summed E-state index contributed by atoms with van der Waals surface area (Å²) in [6, 6.07) is 6.77. The van der Waals surface area contributed by atoms with Crippen LogP contribution >= 0.6 is 8.03 Å². The van der Waals surface area contributed by atoms with Crippen LogP contribution in [-0.2, 0) is 25.2 Å². The van der Waals surface area contributed by atoms with Crippen LogP contribution in [0.3, 0.4) is 0 Å². The Bertz CT molecular complexity index is 628. The lowest BCUT2D eigenvalue weighted by Gasteiger charge is -2.36. The number of carboxylic acids is 1. The van der Waals surface area contributed by atoms with Gasteiger partial charge in [0.15, 0.2) is 14.3 Å². The Balaban J connectivity index is 2.00. The molecular weight excluding hydrogens is 373 g/mol. The molecule has 0 bridgehead atoms. The Kier molecular flexibility index (Phi) is 8.89. The highest BCUT2D eigenvalue weighted by Crippen LogP contribution is 2.33. The van der Waals surface area contributed by atoms with Gasteiger partial charge < -0.3 is 29.5 Å². The van der Waals surface area contributed by atoms with Crippen molar-refractivity contribution in [3.63, 3.8) is 0 Å². The third-order valence-electron chi connectivity index (χ3n) is 4.47. The van der Waals surface area contributed by atoms with Gasteiger partial charge >= 0.3 is 5.97 Å². The van der Waals surface area contributed by atoms with E-state index in [1.807, 2.05) is 0 Å². The second kappa shape index (κ2) is 10.9. The first-order chi connectivity index (χ1) is 13.0. The van der Waals surface area contributed by atoms with E-state index in [4.69, 9.17) is 14.2 Å². The van der Waals surface area contributed by atoms with E-state index in [9.17, 15) is 19.4 Å². The lowest BCUT2D eigenvalue weighted by atomic mass is 9.99. The topological polar surface area (TPSA) is 114 Å². The maximum atomic E-state index is 11.9. The first-order valence-electron chi connectivity index (χ1n) is 9.10. The number of ether oxygens (including phenoxy) is 3. The summed E-state index contributed by atoms with van der Waals surface area (Å²) in [6.45, 7) is 4.99. The summed E-state index contributed by atoms with van der Waals surface area (Å²) in [5.41, 5.74) is 0.223. The van der Waals surface area contributed by atoms with E-state index in [1.165, 1.54) is 0 Å². The number of carbonyl (C=O) groups is 1. The van der Waals surface area contributed by atoms with Gasteiger partial charge in [-0.3, -0.25) is 4.57 Å². The summed E-state index contributed by atoms with van der Waals surface area (Å²) >= 11 is 0. The minimum absolute atomic E-state index is 0.0824. The van der Waals surface area contributed by atoms with Crippen molar-refractivity contribution in [2.75, 3.05) is 26.4 Å². The first kappa shape index (κ1) is 22.0. The van der Waals surface area contributed by atoms with Crippen molar-refractivity contribution >= 4 is 14.0 Å². The average Bonchev–Trinajstić information content (AvgIpc) is 2.64. The molecule has 0 spiro atoms. The minimum atomic E-state index is -2.95. The van der Waals surface area contributed by atoms with E-state index in [2.05, 4.69) is 5.32 Å². The molecule has 1 saturated heterocycles. The van der Waals surface area contributed by atoms with Crippen molar-refractivity contribution in [1.29, 1.82) is 0 Å². The molecule has 27 heavy (non-hydrogen) atoms. The molecular formula is C18H28NO7P. The van der Waals surface area contributed by atoms with Gasteiger partial charge in [0, 0.05) is 25.8 Å². The van der Waals surface area contributed by atoms with Gasteiger partial charge in [-0.05, 0) is 31.9 Å². The molecule has 4 atom stereocenters. The van der Waals surface area contributed by atoms with E-state index in [0.29, 0.717) is 32.8 Å². The predicted molar refractivity (Wildman–Crippen MR) is 101 cm³/mol. The van der Waals surface area contributed by atoms with Crippen molar-refractivity contribution in [2.24, 2.45) is 0 Å². The standard InChI is InChI=1S/C18H28NO7P/c1-3-24-18(25-4-2)16(27(22)23)15-10-19-13(11-26-15)9-12-7-5-6-8-14(12)17(20)21/h5-8,13,15-16,18-19,27H,3-4,9-11H2,1-2H3,(H,20,21)(H,22,23)/t13-,15-,16?/m1/s1. The summed E-state index contributed by atoms with van der Waals surface area (Å²) < 4.78 is 28.8.